The first kappa shape index (κ1) is 14.5. The fourth-order valence-electron chi connectivity index (χ4n) is 0.857. The van der Waals surface area contributed by atoms with Crippen LogP contribution in [0.1, 0.15) is 41.0 Å². The number of carbonyl (C=O) groups is 2. The number of amides is 1. The molecule has 0 unspecified atom stereocenters. The van der Waals surface area contributed by atoms with Gasteiger partial charge in [0.25, 0.3) is 0 Å². The third-order valence-corrected chi connectivity index (χ3v) is 1.46. The molecule has 0 aromatic carbocycles. The summed E-state index contributed by atoms with van der Waals surface area (Å²) in [6, 6.07) is 0. The van der Waals surface area contributed by atoms with Gasteiger partial charge in [-0.15, -0.1) is 5.48 Å². The molecule has 0 aliphatic carbocycles. The fourth-order valence-corrected chi connectivity index (χ4v) is 0.857. The van der Waals surface area contributed by atoms with E-state index in [4.69, 9.17) is 4.74 Å². The van der Waals surface area contributed by atoms with Crippen molar-refractivity contribution in [1.29, 1.82) is 0 Å². The molecule has 0 aromatic rings. The molecule has 0 spiro atoms. The zero-order chi connectivity index (χ0) is 12.8. The lowest BCUT2D eigenvalue weighted by atomic mass is 10.2. The Morgan fingerprint density at radius 1 is 1.31 bits per heavy atom. The molecule has 0 saturated heterocycles. The number of hydroxylamine groups is 1. The Kier molecular flexibility index (Phi) is 5.56. The largest absolute Gasteiger partial charge is 0.442 e. The summed E-state index contributed by atoms with van der Waals surface area (Å²) in [6.45, 7) is 8.67. The SMILES string of the molecule is CCC=C(C)C(=O)ONC(=O)OC(C)(C)C. The summed E-state index contributed by atoms with van der Waals surface area (Å²) in [7, 11) is 0. The summed E-state index contributed by atoms with van der Waals surface area (Å²) in [6.07, 6.45) is 1.65. The molecule has 1 amide bonds. The molecule has 0 bridgehead atoms. The van der Waals surface area contributed by atoms with E-state index in [1.54, 1.807) is 33.8 Å². The number of allylic oxidation sites excluding steroid dienone is 1. The minimum Gasteiger partial charge on any atom is -0.442 e. The van der Waals surface area contributed by atoms with Crippen LogP contribution in [0.15, 0.2) is 11.6 Å². The summed E-state index contributed by atoms with van der Waals surface area (Å²) in [4.78, 5) is 26.9. The van der Waals surface area contributed by atoms with E-state index in [0.29, 0.717) is 5.57 Å². The zero-order valence-electron chi connectivity index (χ0n) is 10.4. The summed E-state index contributed by atoms with van der Waals surface area (Å²) in [5, 5.41) is 0. The molecule has 5 heteroatoms. The average molecular weight is 229 g/mol. The van der Waals surface area contributed by atoms with Crippen LogP contribution in [0, 0.1) is 0 Å². The maximum atomic E-state index is 11.2. The van der Waals surface area contributed by atoms with E-state index in [1.807, 2.05) is 12.4 Å². The van der Waals surface area contributed by atoms with Gasteiger partial charge in [-0.3, -0.25) is 0 Å². The smallest absolute Gasteiger partial charge is 0.441 e. The molecule has 5 nitrogen and oxygen atoms in total. The van der Waals surface area contributed by atoms with Gasteiger partial charge in [-0.2, -0.15) is 0 Å². The van der Waals surface area contributed by atoms with Crippen LogP contribution in [-0.4, -0.2) is 17.7 Å². The summed E-state index contributed by atoms with van der Waals surface area (Å²) >= 11 is 0. The molecule has 0 fully saturated rings. The predicted molar refractivity (Wildman–Crippen MR) is 59.5 cm³/mol. The lowest BCUT2D eigenvalue weighted by molar-refractivity contribution is -0.145. The van der Waals surface area contributed by atoms with Gasteiger partial charge in [-0.1, -0.05) is 13.0 Å². The van der Waals surface area contributed by atoms with Crippen molar-refractivity contribution in [2.75, 3.05) is 0 Å². The number of ether oxygens (including phenoxy) is 1. The molecule has 92 valence electrons. The highest BCUT2D eigenvalue weighted by Gasteiger charge is 2.17. The number of hydrogen-bond donors (Lipinski definition) is 1. The van der Waals surface area contributed by atoms with E-state index in [0.717, 1.165) is 6.42 Å². The summed E-state index contributed by atoms with van der Waals surface area (Å²) < 4.78 is 4.88. The van der Waals surface area contributed by atoms with Gasteiger partial charge in [0.05, 0.1) is 0 Å². The van der Waals surface area contributed by atoms with Crippen LogP contribution < -0.4 is 5.48 Å². The van der Waals surface area contributed by atoms with E-state index >= 15 is 0 Å². The number of rotatable bonds is 2. The van der Waals surface area contributed by atoms with Gasteiger partial charge in [0, 0.05) is 5.57 Å². The zero-order valence-corrected chi connectivity index (χ0v) is 10.4. The molecule has 0 aromatic heterocycles. The summed E-state index contributed by atoms with van der Waals surface area (Å²) in [5.74, 6) is -0.590. The standard InChI is InChI=1S/C11H19NO4/c1-6-7-8(2)9(13)16-12-10(14)15-11(3,4)5/h7H,6H2,1-5H3,(H,12,14). The van der Waals surface area contributed by atoms with Gasteiger partial charge in [0.15, 0.2) is 0 Å². The molecule has 0 aliphatic heterocycles. The van der Waals surface area contributed by atoms with Gasteiger partial charge in [-0.05, 0) is 34.1 Å². The third-order valence-electron chi connectivity index (χ3n) is 1.46. The minimum absolute atomic E-state index is 0.443. The van der Waals surface area contributed by atoms with Gasteiger partial charge >= 0.3 is 12.1 Å². The van der Waals surface area contributed by atoms with Crippen molar-refractivity contribution in [3.05, 3.63) is 11.6 Å². The van der Waals surface area contributed by atoms with Crippen LogP contribution in [0.4, 0.5) is 4.79 Å². The Labute approximate surface area is 95.8 Å². The van der Waals surface area contributed by atoms with Crippen LogP contribution in [-0.2, 0) is 14.4 Å². The first-order valence-corrected chi connectivity index (χ1v) is 5.13. The molecule has 0 aliphatic rings. The van der Waals surface area contributed by atoms with Crippen molar-refractivity contribution in [3.63, 3.8) is 0 Å². The monoisotopic (exact) mass is 229 g/mol. The maximum absolute atomic E-state index is 11.2. The third kappa shape index (κ3) is 6.86. The van der Waals surface area contributed by atoms with Crippen molar-refractivity contribution in [2.24, 2.45) is 0 Å². The Hall–Kier alpha value is -1.52. The lowest BCUT2D eigenvalue weighted by Gasteiger charge is -2.19. The molecule has 0 radical (unpaired) electrons. The van der Waals surface area contributed by atoms with Crippen LogP contribution in [0.3, 0.4) is 0 Å². The topological polar surface area (TPSA) is 64.6 Å². The Balaban J connectivity index is 4.03. The second kappa shape index (κ2) is 6.15. The molecule has 0 atom stereocenters. The molecular formula is C11H19NO4. The van der Waals surface area contributed by atoms with Crippen LogP contribution in [0.2, 0.25) is 0 Å². The van der Waals surface area contributed by atoms with E-state index in [2.05, 4.69) is 4.84 Å². The maximum Gasteiger partial charge on any atom is 0.441 e. The van der Waals surface area contributed by atoms with Crippen molar-refractivity contribution in [2.45, 2.75) is 46.6 Å². The number of nitrogens with one attached hydrogen (secondary N) is 1. The number of carbonyl (C=O) groups excluding carboxylic acids is 2. The highest BCUT2D eigenvalue weighted by molar-refractivity contribution is 5.88. The molecule has 0 heterocycles. The van der Waals surface area contributed by atoms with E-state index in [-0.39, 0.29) is 0 Å². The van der Waals surface area contributed by atoms with Gasteiger partial charge in [0.2, 0.25) is 0 Å². The van der Waals surface area contributed by atoms with Gasteiger partial charge < -0.3 is 9.57 Å². The van der Waals surface area contributed by atoms with E-state index in [9.17, 15) is 9.59 Å². The normalized spacial score (nSPS) is 11.9. The first-order chi connectivity index (χ1) is 7.26. The Bertz CT molecular complexity index is 289. The lowest BCUT2D eigenvalue weighted by Crippen LogP contribution is -2.34. The molecular weight excluding hydrogens is 210 g/mol. The predicted octanol–water partition coefficient (Wildman–Crippen LogP) is 2.33. The quantitative estimate of drug-likeness (QED) is 0.583. The average Bonchev–Trinajstić information content (AvgIpc) is 2.11. The Morgan fingerprint density at radius 2 is 1.88 bits per heavy atom. The minimum atomic E-state index is -0.787. The molecule has 16 heavy (non-hydrogen) atoms. The van der Waals surface area contributed by atoms with Crippen molar-refractivity contribution in [3.8, 4) is 0 Å². The molecule has 0 saturated carbocycles. The second-order valence-corrected chi connectivity index (χ2v) is 4.29. The van der Waals surface area contributed by atoms with Crippen LogP contribution >= 0.6 is 0 Å². The highest BCUT2D eigenvalue weighted by Crippen LogP contribution is 2.06. The van der Waals surface area contributed by atoms with E-state index < -0.39 is 17.7 Å². The van der Waals surface area contributed by atoms with Crippen LogP contribution in [0.25, 0.3) is 0 Å². The molecule has 0 rings (SSSR count). The number of hydrogen-bond acceptors (Lipinski definition) is 4. The molecule has 1 N–H and O–H groups in total. The van der Waals surface area contributed by atoms with Gasteiger partial charge in [0.1, 0.15) is 5.60 Å². The second-order valence-electron chi connectivity index (χ2n) is 4.29. The van der Waals surface area contributed by atoms with Crippen molar-refractivity contribution < 1.29 is 19.2 Å². The van der Waals surface area contributed by atoms with E-state index in [1.165, 1.54) is 0 Å². The first-order valence-electron chi connectivity index (χ1n) is 5.13. The summed E-state index contributed by atoms with van der Waals surface area (Å²) in [5.41, 5.74) is 1.75. The Morgan fingerprint density at radius 3 is 2.31 bits per heavy atom. The van der Waals surface area contributed by atoms with Crippen LogP contribution in [0.5, 0.6) is 0 Å². The van der Waals surface area contributed by atoms with Crippen molar-refractivity contribution >= 4 is 12.1 Å². The fraction of sp³-hybridized carbons (Fsp3) is 0.636. The van der Waals surface area contributed by atoms with Gasteiger partial charge in [-0.25, -0.2) is 9.59 Å². The highest BCUT2D eigenvalue weighted by atomic mass is 16.7. The van der Waals surface area contributed by atoms with Crippen molar-refractivity contribution in [1.82, 2.24) is 5.48 Å².